The number of carbonyl (C=O) groups excluding carboxylic acids is 1. The molecule has 9 heteroatoms. The van der Waals surface area contributed by atoms with Gasteiger partial charge >= 0.3 is 6.09 Å². The van der Waals surface area contributed by atoms with Gasteiger partial charge in [0.15, 0.2) is 5.82 Å². The molecule has 130 valence electrons. The van der Waals surface area contributed by atoms with Crippen molar-refractivity contribution in [2.45, 2.75) is 45.8 Å². The first kappa shape index (κ1) is 16.4. The molecule has 0 bridgehead atoms. The molecule has 3 rings (SSSR count). The van der Waals surface area contributed by atoms with Crippen LogP contribution in [0.3, 0.4) is 0 Å². The Labute approximate surface area is 139 Å². The molecule has 0 aromatic carbocycles. The first-order valence-electron chi connectivity index (χ1n) is 7.75. The van der Waals surface area contributed by atoms with E-state index in [-0.39, 0.29) is 12.1 Å². The maximum atomic E-state index is 13.0. The van der Waals surface area contributed by atoms with Crippen LogP contribution in [0.5, 0.6) is 0 Å². The lowest BCUT2D eigenvalue weighted by Gasteiger charge is -2.35. The quantitative estimate of drug-likeness (QED) is 0.807. The molecule has 3 heterocycles. The van der Waals surface area contributed by atoms with Crippen LogP contribution in [0.1, 0.15) is 34.1 Å². The lowest BCUT2D eigenvalue weighted by Crippen LogP contribution is -2.46. The highest BCUT2D eigenvalue weighted by Crippen LogP contribution is 2.29. The summed E-state index contributed by atoms with van der Waals surface area (Å²) in [5.41, 5.74) is 7.19. The molecule has 1 amide bonds. The normalized spacial score (nSPS) is 20.8. The lowest BCUT2D eigenvalue weighted by atomic mass is 10.1. The summed E-state index contributed by atoms with van der Waals surface area (Å²) >= 11 is 0. The number of hydrogen-bond donors (Lipinski definition) is 2. The zero-order chi connectivity index (χ0) is 17.5. The fourth-order valence-electron chi connectivity index (χ4n) is 2.62. The van der Waals surface area contributed by atoms with E-state index in [1.54, 1.807) is 9.91 Å². The zero-order valence-corrected chi connectivity index (χ0v) is 14.1. The number of rotatable bonds is 1. The van der Waals surface area contributed by atoms with Crippen molar-refractivity contribution in [2.24, 2.45) is 0 Å². The summed E-state index contributed by atoms with van der Waals surface area (Å²) in [7, 11) is 0. The van der Waals surface area contributed by atoms with Crippen LogP contribution in [0.25, 0.3) is 0 Å². The van der Waals surface area contributed by atoms with Gasteiger partial charge in [-0.1, -0.05) is 0 Å². The number of amides is 1. The number of hydrazine groups is 2. The van der Waals surface area contributed by atoms with Crippen LogP contribution in [0, 0.1) is 5.82 Å². The van der Waals surface area contributed by atoms with Crippen molar-refractivity contribution in [3.63, 3.8) is 0 Å². The molecule has 0 aliphatic carbocycles. The average molecular weight is 336 g/mol. The van der Waals surface area contributed by atoms with E-state index in [2.05, 4.69) is 20.9 Å². The van der Waals surface area contributed by atoms with Crippen LogP contribution in [0.2, 0.25) is 0 Å². The van der Waals surface area contributed by atoms with Crippen LogP contribution in [-0.2, 0) is 4.74 Å². The van der Waals surface area contributed by atoms with E-state index in [0.29, 0.717) is 18.9 Å². The van der Waals surface area contributed by atoms with E-state index < -0.39 is 11.4 Å². The Hall–Kier alpha value is -2.42. The number of nitrogens with zero attached hydrogens (tertiary/aromatic N) is 4. The first-order valence-corrected chi connectivity index (χ1v) is 7.75. The van der Waals surface area contributed by atoms with Crippen molar-refractivity contribution in [3.8, 4) is 0 Å². The summed E-state index contributed by atoms with van der Waals surface area (Å²) < 4.78 is 18.5. The molecule has 2 N–H and O–H groups in total. The van der Waals surface area contributed by atoms with Crippen molar-refractivity contribution in [2.75, 3.05) is 11.6 Å². The van der Waals surface area contributed by atoms with Crippen LogP contribution in [0.4, 0.5) is 15.1 Å². The Bertz CT molecular complexity index is 670. The standard InChI is InChI=1S/C15H21FN6O2/c1-9-5-12-11(8-21(9)14(23)24-15(2,3)4)19-20-22(12)13-17-6-10(16)7-18-13/h6-7,9,19-20H,5,8H2,1-4H3/t9-/m0/s1. The third-order valence-corrected chi connectivity index (χ3v) is 3.72. The molecule has 8 nitrogen and oxygen atoms in total. The number of carbonyl (C=O) groups is 1. The molecule has 1 aromatic heterocycles. The van der Waals surface area contributed by atoms with Crippen LogP contribution in [-0.4, -0.2) is 39.1 Å². The van der Waals surface area contributed by atoms with E-state index in [0.717, 1.165) is 23.8 Å². The number of nitrogens with one attached hydrogen (secondary N) is 2. The van der Waals surface area contributed by atoms with Gasteiger partial charge in [-0.05, 0) is 27.7 Å². The molecule has 2 aliphatic heterocycles. The molecule has 1 atom stereocenters. The van der Waals surface area contributed by atoms with Crippen LogP contribution < -0.4 is 16.0 Å². The van der Waals surface area contributed by atoms with E-state index in [4.69, 9.17) is 4.74 Å². The predicted octanol–water partition coefficient (Wildman–Crippen LogP) is 1.69. The van der Waals surface area contributed by atoms with Crippen LogP contribution in [0.15, 0.2) is 23.8 Å². The Balaban J connectivity index is 1.78. The van der Waals surface area contributed by atoms with E-state index >= 15 is 0 Å². The number of ether oxygens (including phenoxy) is 1. The maximum Gasteiger partial charge on any atom is 0.410 e. The largest absolute Gasteiger partial charge is 0.444 e. The second kappa shape index (κ2) is 5.90. The Morgan fingerprint density at radius 1 is 1.38 bits per heavy atom. The van der Waals surface area contributed by atoms with Gasteiger partial charge in [-0.3, -0.25) is 4.90 Å². The van der Waals surface area contributed by atoms with Gasteiger partial charge in [0.05, 0.1) is 30.3 Å². The third-order valence-electron chi connectivity index (χ3n) is 3.72. The van der Waals surface area contributed by atoms with Crippen molar-refractivity contribution >= 4 is 12.0 Å². The summed E-state index contributed by atoms with van der Waals surface area (Å²) in [6.45, 7) is 7.86. The van der Waals surface area contributed by atoms with Gasteiger partial charge in [0.1, 0.15) is 5.60 Å². The summed E-state index contributed by atoms with van der Waals surface area (Å²) in [6.07, 6.45) is 2.47. The average Bonchev–Trinajstić information content (AvgIpc) is 2.88. The first-order chi connectivity index (χ1) is 11.2. The van der Waals surface area contributed by atoms with Crippen molar-refractivity contribution in [3.05, 3.63) is 29.6 Å². The van der Waals surface area contributed by atoms with Gasteiger partial charge < -0.3 is 10.2 Å². The topological polar surface area (TPSA) is 82.6 Å². The minimum absolute atomic E-state index is 0.0525. The molecular weight excluding hydrogens is 315 g/mol. The number of halogens is 1. The third kappa shape index (κ3) is 3.25. The Kier molecular flexibility index (Phi) is 4.04. The molecule has 0 saturated heterocycles. The van der Waals surface area contributed by atoms with E-state index in [1.807, 2.05) is 27.7 Å². The van der Waals surface area contributed by atoms with Crippen molar-refractivity contribution < 1.29 is 13.9 Å². The minimum atomic E-state index is -0.541. The van der Waals surface area contributed by atoms with Gasteiger partial charge in [0.25, 0.3) is 0 Å². The Morgan fingerprint density at radius 2 is 2.04 bits per heavy atom. The maximum absolute atomic E-state index is 13.0. The second-order valence-corrected chi connectivity index (χ2v) is 6.86. The zero-order valence-electron chi connectivity index (χ0n) is 14.1. The molecular formula is C15H21FN6O2. The molecule has 0 radical (unpaired) electrons. The van der Waals surface area contributed by atoms with Gasteiger partial charge in [-0.2, -0.15) is 0 Å². The molecule has 0 saturated carbocycles. The molecule has 0 spiro atoms. The highest BCUT2D eigenvalue weighted by Gasteiger charge is 2.37. The number of hydrogen-bond acceptors (Lipinski definition) is 7. The summed E-state index contributed by atoms with van der Waals surface area (Å²) in [6, 6.07) is -0.0525. The SMILES string of the molecule is C[C@H]1CC2=C(CN1C(=O)OC(C)(C)C)NNN2c1ncc(F)cn1. The summed E-state index contributed by atoms with van der Waals surface area (Å²) in [4.78, 5) is 22.0. The number of anilines is 1. The minimum Gasteiger partial charge on any atom is -0.444 e. The predicted molar refractivity (Wildman–Crippen MR) is 84.8 cm³/mol. The van der Waals surface area contributed by atoms with Crippen molar-refractivity contribution in [1.82, 2.24) is 25.8 Å². The smallest absolute Gasteiger partial charge is 0.410 e. The monoisotopic (exact) mass is 336 g/mol. The Morgan fingerprint density at radius 3 is 2.67 bits per heavy atom. The fraction of sp³-hybridized carbons (Fsp3) is 0.533. The highest BCUT2D eigenvalue weighted by atomic mass is 19.1. The van der Waals surface area contributed by atoms with E-state index in [1.165, 1.54) is 0 Å². The second-order valence-electron chi connectivity index (χ2n) is 6.86. The molecule has 0 unspecified atom stereocenters. The van der Waals surface area contributed by atoms with Crippen molar-refractivity contribution in [1.29, 1.82) is 0 Å². The van der Waals surface area contributed by atoms with Gasteiger partial charge in [0.2, 0.25) is 5.95 Å². The lowest BCUT2D eigenvalue weighted by molar-refractivity contribution is 0.0181. The molecule has 0 fully saturated rings. The summed E-state index contributed by atoms with van der Waals surface area (Å²) in [5.74, 6) is -0.153. The van der Waals surface area contributed by atoms with Crippen LogP contribution >= 0.6 is 0 Å². The molecule has 2 aliphatic rings. The van der Waals surface area contributed by atoms with Gasteiger partial charge in [0, 0.05) is 12.5 Å². The van der Waals surface area contributed by atoms with E-state index in [9.17, 15) is 9.18 Å². The van der Waals surface area contributed by atoms with Gasteiger partial charge in [-0.15, -0.1) is 5.53 Å². The summed E-state index contributed by atoms with van der Waals surface area (Å²) in [5, 5.41) is 1.66. The number of aromatic nitrogens is 2. The van der Waals surface area contributed by atoms with Gasteiger partial charge in [-0.25, -0.2) is 24.2 Å². The highest BCUT2D eigenvalue weighted by molar-refractivity contribution is 5.69. The fourth-order valence-corrected chi connectivity index (χ4v) is 2.62. The molecule has 1 aromatic rings. The molecule has 24 heavy (non-hydrogen) atoms.